The van der Waals surface area contributed by atoms with Gasteiger partial charge in [-0.25, -0.2) is 0 Å². The molecule has 0 unspecified atom stereocenters. The van der Waals surface area contributed by atoms with Crippen molar-refractivity contribution in [1.82, 2.24) is 4.98 Å². The fourth-order valence-corrected chi connectivity index (χ4v) is 3.75. The largest absolute Gasteiger partial charge is 1.00 e. The minimum atomic E-state index is 0. The van der Waals surface area contributed by atoms with Crippen molar-refractivity contribution in [3.63, 3.8) is 0 Å². The Morgan fingerprint density at radius 3 is 2.75 bits per heavy atom. The lowest BCUT2D eigenvalue weighted by Gasteiger charge is -1.88. The van der Waals surface area contributed by atoms with Gasteiger partial charge in [-0.05, 0) is 21.7 Å². The van der Waals surface area contributed by atoms with Crippen LogP contribution in [0.5, 0.6) is 0 Å². The topological polar surface area (TPSA) is 38.5 Å². The van der Waals surface area contributed by atoms with Crippen LogP contribution in [0.2, 0.25) is 0 Å². The number of unbranched alkanes of at least 4 members (excludes halogenated alkanes) is 1. The molecule has 0 fully saturated rings. The van der Waals surface area contributed by atoms with Crippen LogP contribution < -0.4 is 22.6 Å². The first-order valence-corrected chi connectivity index (χ1v) is 6.65. The van der Waals surface area contributed by atoms with E-state index in [9.17, 15) is 0 Å². The highest BCUT2D eigenvalue weighted by molar-refractivity contribution is 8.02. The van der Waals surface area contributed by atoms with Gasteiger partial charge in [-0.3, -0.25) is 5.41 Å². The Balaban J connectivity index is 0.00000121. The number of nitrogens with two attached hydrogens (primary N) is 1. The zero-order valence-electron chi connectivity index (χ0n) is 6.75. The van der Waals surface area contributed by atoms with Crippen LogP contribution in [0.25, 0.3) is 0 Å². The van der Waals surface area contributed by atoms with Crippen molar-refractivity contribution in [2.75, 3.05) is 5.75 Å². The van der Waals surface area contributed by atoms with E-state index in [1.165, 1.54) is 12.8 Å². The lowest BCUT2D eigenvalue weighted by molar-refractivity contribution is -0.172. The van der Waals surface area contributed by atoms with Gasteiger partial charge in [-0.1, -0.05) is 25.1 Å². The summed E-state index contributed by atoms with van der Waals surface area (Å²) < 4.78 is 1.11. The smallest absolute Gasteiger partial charge is 0.385 e. The van der Waals surface area contributed by atoms with E-state index in [-0.39, 0.29) is 12.4 Å². The number of aromatic nitrogens is 1. The maximum atomic E-state index is 5.49. The highest BCUT2D eigenvalue weighted by atomic mass is 35.5. The minimum absolute atomic E-state index is 0. The molecular formula is C6H11ClN2S3. The first-order valence-electron chi connectivity index (χ1n) is 3.51. The maximum absolute atomic E-state index is 5.49. The van der Waals surface area contributed by atoms with Gasteiger partial charge in [-0.2, -0.15) is 0 Å². The molecule has 12 heavy (non-hydrogen) atoms. The molecule has 0 spiro atoms. The average molecular weight is 243 g/mol. The fourth-order valence-electron chi connectivity index (χ4n) is 0.566. The third-order valence-electron chi connectivity index (χ3n) is 1.12. The molecule has 1 rings (SSSR count). The van der Waals surface area contributed by atoms with Crippen LogP contribution in [-0.4, -0.2) is 10.7 Å². The quantitative estimate of drug-likeness (QED) is 0.369. The molecule has 0 aromatic carbocycles. The summed E-state index contributed by atoms with van der Waals surface area (Å²) in [6.07, 6.45) is 2.51. The molecular weight excluding hydrogens is 232 g/mol. The predicted molar refractivity (Wildman–Crippen MR) is 50.7 cm³/mol. The molecule has 1 heterocycles. The summed E-state index contributed by atoms with van der Waals surface area (Å²) in [5, 5.41) is 5.49. The van der Waals surface area contributed by atoms with E-state index in [2.05, 4.69) is 11.9 Å². The van der Waals surface area contributed by atoms with Gasteiger partial charge in [0.2, 0.25) is 0 Å². The second-order valence-corrected chi connectivity index (χ2v) is 5.56. The van der Waals surface area contributed by atoms with E-state index in [0.29, 0.717) is 4.80 Å². The highest BCUT2D eigenvalue weighted by Crippen LogP contribution is 2.21. The van der Waals surface area contributed by atoms with Gasteiger partial charge >= 0.3 is 4.80 Å². The van der Waals surface area contributed by atoms with Crippen LogP contribution in [0.3, 0.4) is 0 Å². The van der Waals surface area contributed by atoms with E-state index >= 15 is 0 Å². The lowest BCUT2D eigenvalue weighted by Crippen LogP contribution is -3.00. The number of rotatable bonds is 4. The third kappa shape index (κ3) is 4.45. The van der Waals surface area contributed by atoms with Gasteiger partial charge in [0.05, 0.1) is 0 Å². The van der Waals surface area contributed by atoms with Gasteiger partial charge in [0.15, 0.2) is 0 Å². The standard InChI is InChI=1S/C6H10N2S3.ClH/c1-2-3-4-9-6-8-5(7)10-11-6;/h7H,2-4H2,1H3;1H. The number of halogens is 1. The molecule has 2 nitrogen and oxygen atoms in total. The minimum Gasteiger partial charge on any atom is -1.00 e. The molecule has 0 atom stereocenters. The molecule has 1 aromatic rings. The SMILES string of the molecule is CCCCSc1nc(=[NH2+])ss1.[Cl-]. The fraction of sp³-hybridized carbons (Fsp3) is 0.667. The van der Waals surface area contributed by atoms with E-state index in [0.717, 1.165) is 10.1 Å². The second-order valence-electron chi connectivity index (χ2n) is 2.08. The third-order valence-corrected chi connectivity index (χ3v) is 4.69. The molecule has 6 heteroatoms. The molecule has 2 N–H and O–H groups in total. The van der Waals surface area contributed by atoms with Gasteiger partial charge in [-0.15, -0.1) is 0 Å². The van der Waals surface area contributed by atoms with E-state index in [1.807, 2.05) is 0 Å². The van der Waals surface area contributed by atoms with Gasteiger partial charge in [0.1, 0.15) is 0 Å². The Kier molecular flexibility index (Phi) is 7.13. The van der Waals surface area contributed by atoms with Crippen molar-refractivity contribution >= 4 is 32.4 Å². The van der Waals surface area contributed by atoms with Gasteiger partial charge < -0.3 is 12.4 Å². The molecule has 0 aliphatic rings. The van der Waals surface area contributed by atoms with Crippen LogP contribution in [0.4, 0.5) is 0 Å². The monoisotopic (exact) mass is 242 g/mol. The zero-order valence-corrected chi connectivity index (χ0v) is 9.95. The first-order chi connectivity index (χ1) is 5.33. The Labute approximate surface area is 89.7 Å². The summed E-state index contributed by atoms with van der Waals surface area (Å²) in [4.78, 5) is 4.85. The molecule has 0 aliphatic heterocycles. The lowest BCUT2D eigenvalue weighted by atomic mass is 10.4. The van der Waals surface area contributed by atoms with E-state index < -0.39 is 0 Å². The van der Waals surface area contributed by atoms with Crippen LogP contribution in [0.1, 0.15) is 19.8 Å². The zero-order chi connectivity index (χ0) is 8.10. The van der Waals surface area contributed by atoms with Crippen LogP contribution >= 0.6 is 32.4 Å². The Hall–Kier alpha value is 0.420. The van der Waals surface area contributed by atoms with Crippen LogP contribution in [0.15, 0.2) is 4.34 Å². The molecule has 0 saturated carbocycles. The molecule has 70 valence electrons. The van der Waals surface area contributed by atoms with Crippen LogP contribution in [0, 0.1) is 0 Å². The van der Waals surface area contributed by atoms with E-state index in [1.54, 1.807) is 32.4 Å². The Morgan fingerprint density at radius 1 is 1.50 bits per heavy atom. The summed E-state index contributed by atoms with van der Waals surface area (Å²) in [5.41, 5.74) is 0. The summed E-state index contributed by atoms with van der Waals surface area (Å²) in [7, 11) is 3.22. The molecule has 0 bridgehead atoms. The van der Waals surface area contributed by atoms with Gasteiger partial charge in [0.25, 0.3) is 4.34 Å². The normalized spacial score (nSPS) is 9.42. The number of thioether (sulfide) groups is 1. The molecule has 0 amide bonds. The van der Waals surface area contributed by atoms with Crippen molar-refractivity contribution < 1.29 is 17.8 Å². The molecule has 0 saturated heterocycles. The number of nitrogens with zero attached hydrogens (tertiary/aromatic N) is 1. The summed E-state index contributed by atoms with van der Waals surface area (Å²) in [6.45, 7) is 2.19. The van der Waals surface area contributed by atoms with Crippen molar-refractivity contribution in [1.29, 1.82) is 0 Å². The summed E-state index contributed by atoms with van der Waals surface area (Å²) >= 11 is 1.80. The van der Waals surface area contributed by atoms with Crippen molar-refractivity contribution in [2.45, 2.75) is 24.1 Å². The average Bonchev–Trinajstić information content (AvgIpc) is 2.37. The summed E-state index contributed by atoms with van der Waals surface area (Å²) in [5.74, 6) is 1.16. The summed E-state index contributed by atoms with van der Waals surface area (Å²) in [6, 6.07) is 0. The van der Waals surface area contributed by atoms with Crippen molar-refractivity contribution in [3.05, 3.63) is 4.80 Å². The van der Waals surface area contributed by atoms with Crippen LogP contribution in [-0.2, 0) is 0 Å². The predicted octanol–water partition coefficient (Wildman–Crippen LogP) is -2.24. The molecule has 0 radical (unpaired) electrons. The number of hydrogen-bond donors (Lipinski definition) is 1. The first kappa shape index (κ1) is 12.4. The number of hydrogen-bond acceptors (Lipinski definition) is 4. The Bertz CT molecular complexity index is 257. The van der Waals surface area contributed by atoms with Gasteiger partial charge in [0, 0.05) is 16.1 Å². The Morgan fingerprint density at radius 2 is 2.25 bits per heavy atom. The van der Waals surface area contributed by atoms with Crippen molar-refractivity contribution in [2.24, 2.45) is 0 Å². The molecule has 1 aromatic heterocycles. The second kappa shape index (κ2) is 6.88. The maximum Gasteiger partial charge on any atom is 0.385 e. The van der Waals surface area contributed by atoms with E-state index in [4.69, 9.17) is 5.41 Å². The highest BCUT2D eigenvalue weighted by Gasteiger charge is 2.04. The molecule has 0 aliphatic carbocycles. The van der Waals surface area contributed by atoms with Crippen molar-refractivity contribution in [3.8, 4) is 0 Å².